The molecular weight excluding hydrogens is 464 g/mol. The van der Waals surface area contributed by atoms with Gasteiger partial charge in [-0.1, -0.05) is 35.0 Å². The second-order valence-corrected chi connectivity index (χ2v) is 8.64. The average Bonchev–Trinajstić information content (AvgIpc) is 3.19. The fourth-order valence-corrected chi connectivity index (χ4v) is 3.98. The standard InChI is InChI=1S/C24H29ClN2O7/c1-15-8-9-17(28)6-3-2-5-16(26-33-12-11-27-10-4-7-21(27)31)13-18-22(24(32)34-15)19(29)14-20(30)23(18)25/h2-3,5-6,14-15,17,28-30H,4,7-13H2,1H3/b5-2-,6-3-,26-16+/t15-,17-/m1/s1. The molecule has 2 aliphatic rings. The number of allylic oxidation sites excluding steroid dienone is 3. The van der Waals surface area contributed by atoms with Gasteiger partial charge >= 0.3 is 5.97 Å². The number of esters is 1. The molecule has 2 atom stereocenters. The summed E-state index contributed by atoms with van der Waals surface area (Å²) >= 11 is 6.30. The lowest BCUT2D eigenvalue weighted by Gasteiger charge is -2.18. The van der Waals surface area contributed by atoms with Crippen LogP contribution in [0.2, 0.25) is 5.02 Å². The lowest BCUT2D eigenvalue weighted by atomic mass is 9.99. The number of hydrogen-bond donors (Lipinski definition) is 3. The van der Waals surface area contributed by atoms with Gasteiger partial charge in [0.05, 0.1) is 29.5 Å². The highest BCUT2D eigenvalue weighted by Crippen LogP contribution is 2.37. The molecule has 0 aliphatic carbocycles. The summed E-state index contributed by atoms with van der Waals surface area (Å²) in [5, 5.41) is 34.7. The normalized spacial score (nSPS) is 24.9. The Morgan fingerprint density at radius 3 is 2.76 bits per heavy atom. The van der Waals surface area contributed by atoms with Crippen molar-refractivity contribution >= 4 is 29.2 Å². The number of fused-ring (bicyclic) bond motifs is 1. The molecule has 3 rings (SSSR count). The summed E-state index contributed by atoms with van der Waals surface area (Å²) in [6, 6.07) is 0.985. The molecular formula is C24H29ClN2O7. The van der Waals surface area contributed by atoms with Crippen molar-refractivity contribution in [2.45, 2.75) is 51.2 Å². The third kappa shape index (κ3) is 6.74. The van der Waals surface area contributed by atoms with Crippen LogP contribution in [0.3, 0.4) is 0 Å². The number of rotatable bonds is 4. The van der Waals surface area contributed by atoms with Crippen LogP contribution in [0.25, 0.3) is 0 Å². The predicted molar refractivity (Wildman–Crippen MR) is 126 cm³/mol. The second-order valence-electron chi connectivity index (χ2n) is 8.26. The number of benzene rings is 1. The van der Waals surface area contributed by atoms with E-state index in [1.807, 2.05) is 0 Å². The fraction of sp³-hybridized carbons (Fsp3) is 0.458. The summed E-state index contributed by atoms with van der Waals surface area (Å²) < 4.78 is 5.45. The van der Waals surface area contributed by atoms with Gasteiger partial charge < -0.3 is 29.8 Å². The first-order chi connectivity index (χ1) is 16.3. The van der Waals surface area contributed by atoms with Gasteiger partial charge in [-0.25, -0.2) is 4.79 Å². The molecule has 0 saturated carbocycles. The van der Waals surface area contributed by atoms with E-state index in [0.29, 0.717) is 38.1 Å². The molecule has 0 aromatic heterocycles. The van der Waals surface area contributed by atoms with Gasteiger partial charge in [-0.05, 0) is 37.8 Å². The van der Waals surface area contributed by atoms with Gasteiger partial charge in [0.1, 0.15) is 23.7 Å². The zero-order valence-electron chi connectivity index (χ0n) is 18.9. The fourth-order valence-electron chi connectivity index (χ4n) is 3.76. The number of ether oxygens (including phenoxy) is 1. The molecule has 10 heteroatoms. The third-order valence-corrected chi connectivity index (χ3v) is 6.02. The molecule has 0 unspecified atom stereocenters. The van der Waals surface area contributed by atoms with Crippen molar-refractivity contribution in [1.82, 2.24) is 4.90 Å². The van der Waals surface area contributed by atoms with E-state index < -0.39 is 23.9 Å². The number of hydrogen-bond acceptors (Lipinski definition) is 8. The Morgan fingerprint density at radius 2 is 2.03 bits per heavy atom. The number of likely N-dealkylation sites (tertiary alicyclic amines) is 1. The van der Waals surface area contributed by atoms with Crippen molar-refractivity contribution in [3.05, 3.63) is 46.5 Å². The maximum atomic E-state index is 12.9. The topological polar surface area (TPSA) is 129 Å². The number of amides is 1. The minimum absolute atomic E-state index is 0.0604. The Balaban J connectivity index is 1.90. The van der Waals surface area contributed by atoms with Gasteiger partial charge in [-0.15, -0.1) is 0 Å². The molecule has 0 radical (unpaired) electrons. The van der Waals surface area contributed by atoms with Crippen LogP contribution in [0.5, 0.6) is 11.5 Å². The van der Waals surface area contributed by atoms with Crippen LogP contribution in [0.4, 0.5) is 0 Å². The van der Waals surface area contributed by atoms with Crippen LogP contribution in [0.15, 0.2) is 35.5 Å². The van der Waals surface area contributed by atoms with E-state index in [0.717, 1.165) is 12.5 Å². The van der Waals surface area contributed by atoms with Gasteiger partial charge in [-0.3, -0.25) is 4.79 Å². The van der Waals surface area contributed by atoms with Crippen LogP contribution >= 0.6 is 11.6 Å². The van der Waals surface area contributed by atoms with E-state index in [4.69, 9.17) is 21.2 Å². The van der Waals surface area contributed by atoms with Crippen LogP contribution in [-0.4, -0.2) is 69.7 Å². The third-order valence-electron chi connectivity index (χ3n) is 5.60. The SMILES string of the molecule is C[C@@H]1CC[C@H](O)\C=C/C=C\C(=N/OCCN2CCCC2=O)Cc2c(Cl)c(O)cc(O)c2C(=O)O1. The van der Waals surface area contributed by atoms with Crippen LogP contribution in [0.1, 0.15) is 48.5 Å². The number of oxime groups is 1. The van der Waals surface area contributed by atoms with Crippen LogP contribution in [-0.2, 0) is 20.8 Å². The molecule has 1 amide bonds. The predicted octanol–water partition coefficient (Wildman–Crippen LogP) is 3.10. The van der Waals surface area contributed by atoms with E-state index in [1.165, 1.54) is 0 Å². The molecule has 9 nitrogen and oxygen atoms in total. The molecule has 1 aromatic rings. The monoisotopic (exact) mass is 492 g/mol. The summed E-state index contributed by atoms with van der Waals surface area (Å²) in [7, 11) is 0. The molecule has 184 valence electrons. The van der Waals surface area contributed by atoms with Crippen molar-refractivity contribution in [1.29, 1.82) is 0 Å². The molecule has 1 fully saturated rings. The Hall–Kier alpha value is -3.04. The molecule has 0 spiro atoms. The number of cyclic esters (lactones) is 1. The zero-order chi connectivity index (χ0) is 24.7. The van der Waals surface area contributed by atoms with E-state index >= 15 is 0 Å². The van der Waals surface area contributed by atoms with Crippen LogP contribution < -0.4 is 0 Å². The van der Waals surface area contributed by atoms with Crippen molar-refractivity contribution in [3.8, 4) is 11.5 Å². The highest BCUT2D eigenvalue weighted by Gasteiger charge is 2.26. The summed E-state index contributed by atoms with van der Waals surface area (Å²) in [5.74, 6) is -1.59. The number of halogens is 1. The maximum Gasteiger partial charge on any atom is 0.342 e. The van der Waals surface area contributed by atoms with Gasteiger partial charge in [0.2, 0.25) is 5.91 Å². The first-order valence-corrected chi connectivity index (χ1v) is 11.6. The molecule has 3 N–H and O–H groups in total. The first kappa shape index (κ1) is 25.6. The Morgan fingerprint density at radius 1 is 1.24 bits per heavy atom. The first-order valence-electron chi connectivity index (χ1n) is 11.2. The summed E-state index contributed by atoms with van der Waals surface area (Å²) in [6.07, 6.45) is 7.34. The van der Waals surface area contributed by atoms with E-state index in [1.54, 1.807) is 36.1 Å². The molecule has 1 saturated heterocycles. The molecule has 1 aromatic carbocycles. The Labute approximate surface area is 202 Å². The summed E-state index contributed by atoms with van der Waals surface area (Å²) in [6.45, 7) is 2.94. The lowest BCUT2D eigenvalue weighted by molar-refractivity contribution is -0.128. The highest BCUT2D eigenvalue weighted by atomic mass is 35.5. The van der Waals surface area contributed by atoms with Crippen molar-refractivity contribution in [2.24, 2.45) is 5.16 Å². The smallest absolute Gasteiger partial charge is 0.342 e. The number of carbonyl (C=O) groups is 2. The van der Waals surface area contributed by atoms with Crippen molar-refractivity contribution < 1.29 is 34.5 Å². The molecule has 0 bridgehead atoms. The number of aliphatic hydroxyl groups excluding tert-OH is 1. The van der Waals surface area contributed by atoms with Crippen LogP contribution in [0, 0.1) is 0 Å². The lowest BCUT2D eigenvalue weighted by Crippen LogP contribution is -2.28. The van der Waals surface area contributed by atoms with Crippen molar-refractivity contribution in [2.75, 3.05) is 19.7 Å². The number of aromatic hydroxyl groups is 2. The Kier molecular flexibility index (Phi) is 8.95. The quantitative estimate of drug-likeness (QED) is 0.334. The van der Waals surface area contributed by atoms with E-state index in [-0.39, 0.29) is 40.8 Å². The minimum Gasteiger partial charge on any atom is -0.507 e. The number of aliphatic hydroxyl groups is 1. The van der Waals surface area contributed by atoms with Gasteiger partial charge in [0.25, 0.3) is 0 Å². The minimum atomic E-state index is -0.805. The molecule has 2 aliphatic heterocycles. The van der Waals surface area contributed by atoms with Gasteiger partial charge in [0, 0.05) is 25.5 Å². The molecule has 34 heavy (non-hydrogen) atoms. The maximum absolute atomic E-state index is 12.9. The zero-order valence-corrected chi connectivity index (χ0v) is 19.7. The summed E-state index contributed by atoms with van der Waals surface area (Å²) in [4.78, 5) is 31.7. The van der Waals surface area contributed by atoms with E-state index in [2.05, 4.69) is 5.16 Å². The largest absolute Gasteiger partial charge is 0.507 e. The number of phenols is 2. The second kappa shape index (κ2) is 11.9. The number of phenolic OH excluding ortho intramolecular Hbond substituents is 2. The number of nitrogens with zero attached hydrogens (tertiary/aromatic N) is 2. The molecule has 2 heterocycles. The average molecular weight is 493 g/mol. The van der Waals surface area contributed by atoms with Crippen molar-refractivity contribution in [3.63, 3.8) is 0 Å². The summed E-state index contributed by atoms with van der Waals surface area (Å²) in [5.41, 5.74) is 0.295. The highest BCUT2D eigenvalue weighted by molar-refractivity contribution is 6.33. The van der Waals surface area contributed by atoms with Gasteiger partial charge in [-0.2, -0.15) is 0 Å². The number of carbonyl (C=O) groups excluding carboxylic acids is 2. The van der Waals surface area contributed by atoms with E-state index in [9.17, 15) is 24.9 Å². The Bertz CT molecular complexity index is 1010. The van der Waals surface area contributed by atoms with Gasteiger partial charge in [0.15, 0.2) is 0 Å².